The van der Waals surface area contributed by atoms with Gasteiger partial charge in [-0.25, -0.2) is 4.98 Å². The molecule has 4 atom stereocenters. The molecule has 0 aromatic carbocycles. The molecule has 0 spiro atoms. The first-order chi connectivity index (χ1) is 16.5. The lowest BCUT2D eigenvalue weighted by atomic mass is 9.86. The number of nitrogens with zero attached hydrogens (tertiary/aromatic N) is 4. The fraction of sp³-hybridized carbons (Fsp3) is 0.480. The zero-order valence-corrected chi connectivity index (χ0v) is 19.1. The Balaban J connectivity index is 1.61. The van der Waals surface area contributed by atoms with Gasteiger partial charge < -0.3 is 19.9 Å². The number of fused-ring (bicyclic) bond motifs is 4. The number of amides is 2. The van der Waals surface area contributed by atoms with Crippen LogP contribution in [0, 0.1) is 11.8 Å². The van der Waals surface area contributed by atoms with E-state index in [1.807, 2.05) is 13.0 Å². The minimum absolute atomic E-state index is 0.107. The van der Waals surface area contributed by atoms with Crippen LogP contribution in [0.25, 0.3) is 6.08 Å². The smallest absolute Gasteiger partial charge is 0.274 e. The number of hydrogen-bond donors (Lipinski definition) is 2. The molecule has 1 saturated carbocycles. The summed E-state index contributed by atoms with van der Waals surface area (Å²) >= 11 is 0. The molecule has 1 saturated heterocycles. The Morgan fingerprint density at radius 3 is 2.71 bits per heavy atom. The molecular formula is C25H29N5O4. The third-order valence-electron chi connectivity index (χ3n) is 7.44. The molecule has 0 unspecified atom stereocenters. The number of carbonyl (C=O) groups excluding carboxylic acids is 2. The van der Waals surface area contributed by atoms with E-state index in [1.165, 1.54) is 18.6 Å². The number of rotatable bonds is 5. The first-order valence-electron chi connectivity index (χ1n) is 11.9. The standard InChI is InChI=1S/C25H29N5O4/c1-2-5-15-8-9-19-22-21(23(32)28-16-6-3-4-7-16)17(14-31)20(13-29(19)24(15)33)30(22)25(34)18-12-26-10-11-27-18/h2,5,8-12,16-17,20-22,31H,3-4,6-7,13-14H2,1H3,(H,28,32)/b5-2-/t17-,20-,21+,22+/m0/s1. The summed E-state index contributed by atoms with van der Waals surface area (Å²) in [5.74, 6) is -1.70. The summed E-state index contributed by atoms with van der Waals surface area (Å²) in [5.41, 5.74) is 1.17. The van der Waals surface area contributed by atoms with Gasteiger partial charge in [-0.1, -0.05) is 25.0 Å². The van der Waals surface area contributed by atoms with Crippen LogP contribution in [0.5, 0.6) is 0 Å². The molecule has 178 valence electrons. The zero-order chi connectivity index (χ0) is 23.8. The first-order valence-corrected chi connectivity index (χ1v) is 11.9. The van der Waals surface area contributed by atoms with E-state index in [9.17, 15) is 19.5 Å². The Kier molecular flexibility index (Phi) is 6.03. The monoisotopic (exact) mass is 463 g/mol. The van der Waals surface area contributed by atoms with Gasteiger partial charge in [-0.05, 0) is 31.9 Å². The highest BCUT2D eigenvalue weighted by Gasteiger charge is 2.57. The SMILES string of the molecule is C/C=C\c1ccc2n(c1=O)C[C@H]1[C@H](CO)[C@@H](C(=O)NC3CCCC3)[C@@H]2N1C(=O)c1cnccn1. The third kappa shape index (κ3) is 3.64. The summed E-state index contributed by atoms with van der Waals surface area (Å²) < 4.78 is 1.66. The summed E-state index contributed by atoms with van der Waals surface area (Å²) in [6, 6.07) is 2.46. The van der Waals surface area contributed by atoms with Gasteiger partial charge in [0.1, 0.15) is 5.69 Å². The number of aliphatic hydroxyl groups is 1. The van der Waals surface area contributed by atoms with Gasteiger partial charge in [-0.3, -0.25) is 19.4 Å². The van der Waals surface area contributed by atoms with Gasteiger partial charge in [-0.15, -0.1) is 0 Å². The second kappa shape index (κ2) is 9.13. The lowest BCUT2D eigenvalue weighted by Crippen LogP contribution is -2.49. The molecule has 2 fully saturated rings. The molecule has 9 heteroatoms. The maximum absolute atomic E-state index is 13.6. The highest BCUT2D eigenvalue weighted by atomic mass is 16.3. The van der Waals surface area contributed by atoms with Gasteiger partial charge in [0, 0.05) is 48.8 Å². The molecule has 3 aliphatic rings. The number of hydrogen-bond acceptors (Lipinski definition) is 6. The van der Waals surface area contributed by atoms with E-state index < -0.39 is 23.9 Å². The predicted molar refractivity (Wildman–Crippen MR) is 125 cm³/mol. The Morgan fingerprint density at radius 1 is 1.24 bits per heavy atom. The molecule has 5 rings (SSSR count). The van der Waals surface area contributed by atoms with E-state index in [0.717, 1.165) is 25.7 Å². The van der Waals surface area contributed by atoms with Gasteiger partial charge in [0.25, 0.3) is 11.5 Å². The Hall–Kier alpha value is -3.33. The van der Waals surface area contributed by atoms with E-state index in [4.69, 9.17) is 0 Å². The molecule has 4 heterocycles. The van der Waals surface area contributed by atoms with Crippen LogP contribution in [-0.2, 0) is 11.3 Å². The average molecular weight is 464 g/mol. The number of aliphatic hydroxyl groups excluding tert-OH is 1. The number of pyridine rings is 1. The lowest BCUT2D eigenvalue weighted by Gasteiger charge is -2.38. The molecular weight excluding hydrogens is 434 g/mol. The lowest BCUT2D eigenvalue weighted by molar-refractivity contribution is -0.128. The summed E-state index contributed by atoms with van der Waals surface area (Å²) in [5, 5.41) is 13.6. The van der Waals surface area contributed by atoms with Crippen molar-refractivity contribution in [3.8, 4) is 0 Å². The normalized spacial score (nSPS) is 26.1. The maximum Gasteiger partial charge on any atom is 0.274 e. The predicted octanol–water partition coefficient (Wildman–Crippen LogP) is 1.53. The van der Waals surface area contributed by atoms with E-state index in [1.54, 1.807) is 27.7 Å². The third-order valence-corrected chi connectivity index (χ3v) is 7.44. The number of nitrogens with one attached hydrogen (secondary N) is 1. The Bertz CT molecular complexity index is 1170. The second-order valence-electron chi connectivity index (χ2n) is 9.31. The minimum Gasteiger partial charge on any atom is -0.396 e. The van der Waals surface area contributed by atoms with E-state index in [2.05, 4.69) is 15.3 Å². The van der Waals surface area contributed by atoms with Crippen LogP contribution in [0.2, 0.25) is 0 Å². The molecule has 2 bridgehead atoms. The molecule has 2 aliphatic heterocycles. The van der Waals surface area contributed by atoms with Crippen molar-refractivity contribution in [1.82, 2.24) is 24.8 Å². The van der Waals surface area contributed by atoms with Crippen LogP contribution in [0.3, 0.4) is 0 Å². The Labute approximate surface area is 197 Å². The number of carbonyl (C=O) groups is 2. The van der Waals surface area contributed by atoms with E-state index in [0.29, 0.717) is 11.3 Å². The zero-order valence-electron chi connectivity index (χ0n) is 19.1. The van der Waals surface area contributed by atoms with Gasteiger partial charge >= 0.3 is 0 Å². The van der Waals surface area contributed by atoms with Crippen LogP contribution in [-0.4, -0.2) is 55.0 Å². The highest BCUT2D eigenvalue weighted by molar-refractivity contribution is 5.94. The molecule has 9 nitrogen and oxygen atoms in total. The molecule has 34 heavy (non-hydrogen) atoms. The quantitative estimate of drug-likeness (QED) is 0.695. The van der Waals surface area contributed by atoms with Crippen molar-refractivity contribution in [2.75, 3.05) is 6.61 Å². The fourth-order valence-corrected chi connectivity index (χ4v) is 5.92. The summed E-state index contributed by atoms with van der Waals surface area (Å²) in [7, 11) is 0. The van der Waals surface area contributed by atoms with Crippen molar-refractivity contribution in [2.24, 2.45) is 11.8 Å². The van der Waals surface area contributed by atoms with Gasteiger partial charge in [-0.2, -0.15) is 0 Å². The molecule has 2 aromatic heterocycles. The average Bonchev–Trinajstić information content (AvgIpc) is 3.44. The van der Waals surface area contributed by atoms with E-state index in [-0.39, 0.29) is 42.3 Å². The highest BCUT2D eigenvalue weighted by Crippen LogP contribution is 2.49. The van der Waals surface area contributed by atoms with Gasteiger partial charge in [0.2, 0.25) is 5.91 Å². The molecule has 2 amide bonds. The fourth-order valence-electron chi connectivity index (χ4n) is 5.92. The van der Waals surface area contributed by atoms with Crippen molar-refractivity contribution >= 4 is 17.9 Å². The van der Waals surface area contributed by atoms with Crippen LogP contribution >= 0.6 is 0 Å². The summed E-state index contributed by atoms with van der Waals surface area (Å²) in [6.07, 6.45) is 11.9. The van der Waals surface area contributed by atoms with Crippen LogP contribution in [0.1, 0.15) is 60.4 Å². The van der Waals surface area contributed by atoms with Crippen molar-refractivity contribution in [3.63, 3.8) is 0 Å². The second-order valence-corrected chi connectivity index (χ2v) is 9.31. The Morgan fingerprint density at radius 2 is 2.03 bits per heavy atom. The summed E-state index contributed by atoms with van der Waals surface area (Å²) in [6.45, 7) is 1.79. The van der Waals surface area contributed by atoms with Crippen molar-refractivity contribution < 1.29 is 14.7 Å². The van der Waals surface area contributed by atoms with Crippen molar-refractivity contribution in [1.29, 1.82) is 0 Å². The topological polar surface area (TPSA) is 117 Å². The molecule has 0 radical (unpaired) electrons. The van der Waals surface area contributed by atoms with Gasteiger partial charge in [0.15, 0.2) is 0 Å². The van der Waals surface area contributed by atoms with Crippen LogP contribution < -0.4 is 10.9 Å². The summed E-state index contributed by atoms with van der Waals surface area (Å²) in [4.78, 5) is 50.3. The molecule has 1 aliphatic carbocycles. The van der Waals surface area contributed by atoms with Crippen molar-refractivity contribution in [3.05, 3.63) is 64.1 Å². The molecule has 2 N–H and O–H groups in total. The molecule has 2 aromatic rings. The van der Waals surface area contributed by atoms with Crippen LogP contribution in [0.15, 0.2) is 41.6 Å². The largest absolute Gasteiger partial charge is 0.396 e. The maximum atomic E-state index is 13.6. The first kappa shape index (κ1) is 22.5. The number of aromatic nitrogens is 3. The minimum atomic E-state index is -0.681. The van der Waals surface area contributed by atoms with Crippen LogP contribution in [0.4, 0.5) is 0 Å². The van der Waals surface area contributed by atoms with Crippen molar-refractivity contribution in [2.45, 2.75) is 57.3 Å². The number of allylic oxidation sites excluding steroid dienone is 1. The van der Waals surface area contributed by atoms with E-state index >= 15 is 0 Å². The van der Waals surface area contributed by atoms with Gasteiger partial charge in [0.05, 0.1) is 24.2 Å².